The summed E-state index contributed by atoms with van der Waals surface area (Å²) in [5, 5.41) is 41.7. The molecule has 44 heavy (non-hydrogen) atoms. The smallest absolute Gasteiger partial charge is 0.336 e. The van der Waals surface area contributed by atoms with Gasteiger partial charge in [0.2, 0.25) is 0 Å². The maximum atomic E-state index is 12.6. The van der Waals surface area contributed by atoms with Crippen LogP contribution in [0.15, 0.2) is 37.2 Å². The molecule has 1 amide bonds. The van der Waals surface area contributed by atoms with Crippen LogP contribution in [0.4, 0.5) is 5.82 Å². The minimum Gasteiger partial charge on any atom is -0.778 e. The van der Waals surface area contributed by atoms with E-state index in [0.717, 1.165) is 6.33 Å². The number of nitrogens with two attached hydrogens (primary N) is 2. The minimum absolute atomic E-state index is 0.0611. The zero-order chi connectivity index (χ0) is 32.0. The van der Waals surface area contributed by atoms with E-state index in [4.69, 9.17) is 30.0 Å². The third-order valence-corrected chi connectivity index (χ3v) is 10.9. The molecule has 10 atom stereocenters. The Bertz CT molecular complexity index is 1630. The molecule has 3 aromatic heterocycles. The average Bonchev–Trinajstić information content (AvgIpc) is 3.61. The first-order valence-electron chi connectivity index (χ1n) is 12.9. The molecule has 3 aromatic rings. The average molecular weight is 661 g/mol. The molecule has 22 heteroatoms. The molecule has 2 saturated heterocycles. The van der Waals surface area contributed by atoms with Crippen LogP contribution in [0.2, 0.25) is 0 Å². The number of primary amides is 1. The van der Waals surface area contributed by atoms with Crippen molar-refractivity contribution < 1.29 is 67.2 Å². The van der Waals surface area contributed by atoms with Crippen LogP contribution in [0.1, 0.15) is 22.8 Å². The first kappa shape index (κ1) is 32.4. The highest BCUT2D eigenvalue weighted by Gasteiger charge is 2.49. The summed E-state index contributed by atoms with van der Waals surface area (Å²) in [6.45, 7) is -1.64. The van der Waals surface area contributed by atoms with Crippen LogP contribution in [-0.2, 0) is 27.7 Å². The zero-order valence-corrected chi connectivity index (χ0v) is 24.3. The fourth-order valence-corrected chi connectivity index (χ4v) is 7.90. The molecule has 2 aliphatic heterocycles. The molecule has 9 N–H and O–H groups in total. The maximum Gasteiger partial charge on any atom is 0.336 e. The second kappa shape index (κ2) is 12.4. The van der Waals surface area contributed by atoms with E-state index in [9.17, 15) is 44.1 Å². The Morgan fingerprint density at radius 2 is 1.73 bits per heavy atom. The van der Waals surface area contributed by atoms with Crippen molar-refractivity contribution in [1.29, 1.82) is 0 Å². The summed E-state index contributed by atoms with van der Waals surface area (Å²) in [6, 6.07) is 2.85. The van der Waals surface area contributed by atoms with E-state index in [1.54, 1.807) is 0 Å². The number of aliphatic hydroxyl groups is 4. The van der Waals surface area contributed by atoms with Crippen molar-refractivity contribution in [3.8, 4) is 0 Å². The molecule has 0 saturated carbocycles. The molecule has 0 spiro atoms. The highest BCUT2D eigenvalue weighted by Crippen LogP contribution is 2.56. The van der Waals surface area contributed by atoms with Gasteiger partial charge < -0.3 is 64.8 Å². The normalized spacial score (nSPS) is 31.6. The molecule has 2 aliphatic rings. The van der Waals surface area contributed by atoms with Gasteiger partial charge in [-0.1, -0.05) is 0 Å². The molecule has 5 heterocycles. The van der Waals surface area contributed by atoms with Gasteiger partial charge >= 0.3 is 7.60 Å². The highest BCUT2D eigenvalue weighted by molar-refractivity contribution is 7.69. The third-order valence-electron chi connectivity index (χ3n) is 6.96. The number of carbonyl (C=O) groups is 1. The monoisotopic (exact) mass is 661 g/mol. The van der Waals surface area contributed by atoms with Crippen molar-refractivity contribution >= 4 is 38.1 Å². The second-order valence-corrected chi connectivity index (χ2v) is 14.2. The number of nitrogens with zero attached hydrogens (tertiary/aromatic N) is 5. The molecule has 2 fully saturated rings. The summed E-state index contributed by atoms with van der Waals surface area (Å²) in [5.74, 6) is -2.19. The van der Waals surface area contributed by atoms with E-state index < -0.39 is 89.3 Å². The number of imidazole rings is 1. The molecular weight excluding hydrogens is 632 g/mol. The number of aromatic nitrogens is 5. The Morgan fingerprint density at radius 3 is 2.45 bits per heavy atom. The Kier molecular flexibility index (Phi) is 9.16. The van der Waals surface area contributed by atoms with Crippen LogP contribution >= 0.6 is 15.2 Å². The Morgan fingerprint density at radius 1 is 1.05 bits per heavy atom. The first-order valence-corrected chi connectivity index (χ1v) is 16.3. The van der Waals surface area contributed by atoms with E-state index in [2.05, 4.69) is 15.0 Å². The highest BCUT2D eigenvalue weighted by atomic mass is 31.2. The zero-order valence-electron chi connectivity index (χ0n) is 22.5. The summed E-state index contributed by atoms with van der Waals surface area (Å²) in [4.78, 5) is 46.0. The summed E-state index contributed by atoms with van der Waals surface area (Å²) in [5.41, 5.74) is 11.5. The first-order chi connectivity index (χ1) is 20.7. The molecule has 20 nitrogen and oxygen atoms in total. The Balaban J connectivity index is 1.16. The molecule has 240 valence electrons. The lowest BCUT2D eigenvalue weighted by molar-refractivity contribution is -0.765. The number of fused-ring (bicyclic) bond motifs is 1. The number of aliphatic hydroxyl groups excluding tert-OH is 4. The van der Waals surface area contributed by atoms with Crippen molar-refractivity contribution in [2.75, 3.05) is 24.9 Å². The minimum atomic E-state index is -5.12. The summed E-state index contributed by atoms with van der Waals surface area (Å²) in [7, 11) is -10.0. The van der Waals surface area contributed by atoms with E-state index in [0.29, 0.717) is 0 Å². The van der Waals surface area contributed by atoms with Gasteiger partial charge in [-0.15, -0.1) is 0 Å². The van der Waals surface area contributed by atoms with Gasteiger partial charge in [-0.2, -0.15) is 4.57 Å². The van der Waals surface area contributed by atoms with Crippen molar-refractivity contribution in [3.05, 3.63) is 42.7 Å². The van der Waals surface area contributed by atoms with Gasteiger partial charge in [0.15, 0.2) is 36.2 Å². The number of hydrogen-bond acceptors (Lipinski definition) is 16. The second-order valence-electron chi connectivity index (χ2n) is 10.1. The molecule has 0 radical (unpaired) electrons. The molecule has 2 unspecified atom stereocenters. The largest absolute Gasteiger partial charge is 0.778 e. The van der Waals surface area contributed by atoms with Crippen LogP contribution < -0.4 is 20.9 Å². The standard InChI is InChI=1S/C22H29N7O13P2/c23-18-13-20(26-7-25-18)29(8-27-13)22-17(33)15(31)12(42-22)6-40-44(37,38)9-43(35,36)39-5-11-14(30)16(32)21(41-11)28-3-1-2-10(4-28)19(24)34/h1-4,7-8,11-12,14-17,21-22,30-33H,5-6,9H2,(H5-,23,24,25,26,34,35,36,37,38)/t11-,12-,14-,15-,16-,17-,21-,22-/m1/s1. The van der Waals surface area contributed by atoms with E-state index in [-0.39, 0.29) is 22.5 Å². The molecule has 0 bridgehead atoms. The number of pyridine rings is 1. The molecular formula is C22H29N7O13P2. The van der Waals surface area contributed by atoms with Crippen LogP contribution in [-0.4, -0.2) is 106 Å². The third kappa shape index (κ3) is 6.66. The van der Waals surface area contributed by atoms with Crippen molar-refractivity contribution in [2.24, 2.45) is 5.73 Å². The SMILES string of the molecule is NC(=O)c1ccc[n+]([C@@H]2O[C@H](COP(=O)([O-])CP(=O)(O)OC[C@H]3O[C@@H](n4cnc5c(N)ncnc54)[C@H](O)[C@@H]3O)[C@@H](O)[C@H]2O)c1. The lowest BCUT2D eigenvalue weighted by atomic mass is 10.1. The summed E-state index contributed by atoms with van der Waals surface area (Å²) < 4.78 is 48.4. The Labute approximate surface area is 247 Å². The van der Waals surface area contributed by atoms with Gasteiger partial charge in [0.25, 0.3) is 12.1 Å². The van der Waals surface area contributed by atoms with Crippen LogP contribution in [0.5, 0.6) is 0 Å². The fraction of sp³-hybridized carbons (Fsp3) is 0.500. The summed E-state index contributed by atoms with van der Waals surface area (Å²) >= 11 is 0. The summed E-state index contributed by atoms with van der Waals surface area (Å²) in [6.07, 6.45) is -6.53. The van der Waals surface area contributed by atoms with Gasteiger partial charge in [-0.05, 0) is 6.07 Å². The molecule has 5 rings (SSSR count). The topological polar surface area (TPSA) is 312 Å². The van der Waals surface area contributed by atoms with Crippen LogP contribution in [0.3, 0.4) is 0 Å². The van der Waals surface area contributed by atoms with Gasteiger partial charge in [0.05, 0.1) is 19.5 Å². The number of rotatable bonds is 11. The van der Waals surface area contributed by atoms with Gasteiger partial charge in [0.1, 0.15) is 61.4 Å². The predicted molar refractivity (Wildman–Crippen MR) is 141 cm³/mol. The van der Waals surface area contributed by atoms with Gasteiger partial charge in [-0.25, -0.2) is 15.0 Å². The van der Waals surface area contributed by atoms with Gasteiger partial charge in [0, 0.05) is 6.07 Å². The maximum absolute atomic E-state index is 12.6. The van der Waals surface area contributed by atoms with E-state index >= 15 is 0 Å². The van der Waals surface area contributed by atoms with Crippen molar-refractivity contribution in [2.45, 2.75) is 49.1 Å². The number of carbonyl (C=O) groups excluding carboxylic acids is 1. The van der Waals surface area contributed by atoms with Crippen LogP contribution in [0.25, 0.3) is 11.2 Å². The number of hydrogen-bond donors (Lipinski definition) is 7. The predicted octanol–water partition coefficient (Wildman–Crippen LogP) is -3.54. The quantitative estimate of drug-likeness (QED) is 0.0773. The number of amides is 1. The van der Waals surface area contributed by atoms with Crippen LogP contribution in [0, 0.1) is 0 Å². The van der Waals surface area contributed by atoms with Gasteiger partial charge in [-0.3, -0.25) is 13.9 Å². The number of nitrogen functional groups attached to an aromatic ring is 1. The Hall–Kier alpha value is -2.97. The van der Waals surface area contributed by atoms with E-state index in [1.807, 2.05) is 0 Å². The van der Waals surface area contributed by atoms with Crippen molar-refractivity contribution in [1.82, 2.24) is 19.5 Å². The lowest BCUT2D eigenvalue weighted by Gasteiger charge is -2.27. The van der Waals surface area contributed by atoms with E-state index in [1.165, 1.54) is 40.0 Å². The molecule has 0 aromatic carbocycles. The molecule has 0 aliphatic carbocycles. The fourth-order valence-electron chi connectivity index (χ4n) is 4.74. The number of anilines is 1. The van der Waals surface area contributed by atoms with Crippen molar-refractivity contribution in [3.63, 3.8) is 0 Å². The number of ether oxygens (including phenoxy) is 2. The lowest BCUT2D eigenvalue weighted by Crippen LogP contribution is -2.46.